The zero-order valence-corrected chi connectivity index (χ0v) is 8.81. The molecule has 0 atom stereocenters. The number of hydrazone groups is 1. The fraction of sp³-hybridized carbons (Fsp3) is 0.167. The Bertz CT molecular complexity index is 446. The maximum absolute atomic E-state index is 10.9. The van der Waals surface area contributed by atoms with Gasteiger partial charge in [0, 0.05) is 18.5 Å². The van der Waals surface area contributed by atoms with Crippen LogP contribution in [0.3, 0.4) is 0 Å². The van der Waals surface area contributed by atoms with Gasteiger partial charge < -0.3 is 5.73 Å². The summed E-state index contributed by atoms with van der Waals surface area (Å²) in [6.07, 6.45) is 5.06. The van der Waals surface area contributed by atoms with E-state index in [0.717, 1.165) is 17.0 Å². The van der Waals surface area contributed by atoms with E-state index in [-0.39, 0.29) is 5.91 Å². The Hall–Kier alpha value is -2.10. The quantitative estimate of drug-likeness (QED) is 0.735. The van der Waals surface area contributed by atoms with E-state index in [4.69, 9.17) is 5.73 Å². The minimum atomic E-state index is -0.0235. The zero-order valence-electron chi connectivity index (χ0n) is 8.81. The van der Waals surface area contributed by atoms with E-state index in [2.05, 4.69) is 10.5 Å². The predicted octanol–water partition coefficient (Wildman–Crippen LogP) is 1.55. The smallest absolute Gasteiger partial charge is 0.240 e. The Labute approximate surface area is 93.8 Å². The lowest BCUT2D eigenvalue weighted by atomic mass is 10.1. The lowest BCUT2D eigenvalue weighted by Crippen LogP contribution is -2.24. The van der Waals surface area contributed by atoms with Crippen molar-refractivity contribution in [1.82, 2.24) is 5.43 Å². The highest BCUT2D eigenvalue weighted by molar-refractivity contribution is 6.02. The van der Waals surface area contributed by atoms with Gasteiger partial charge in [-0.3, -0.25) is 4.79 Å². The molecule has 2 rings (SSSR count). The normalized spacial score (nSPS) is 16.0. The highest BCUT2D eigenvalue weighted by Gasteiger charge is 2.08. The molecule has 4 heteroatoms. The summed E-state index contributed by atoms with van der Waals surface area (Å²) < 4.78 is 0. The van der Waals surface area contributed by atoms with Gasteiger partial charge in [0.1, 0.15) is 0 Å². The number of allylic oxidation sites excluding steroid dienone is 1. The van der Waals surface area contributed by atoms with E-state index in [1.54, 1.807) is 0 Å². The van der Waals surface area contributed by atoms with Crippen molar-refractivity contribution in [3.05, 3.63) is 35.9 Å². The largest absolute Gasteiger partial charge is 0.399 e. The van der Waals surface area contributed by atoms with Crippen LogP contribution in [0.5, 0.6) is 0 Å². The SMILES string of the molecule is Nc1ccc(C=CC2=NNC(=O)CC2)cc1. The molecule has 1 amide bonds. The first kappa shape index (κ1) is 10.4. The van der Waals surface area contributed by atoms with Gasteiger partial charge in [0.25, 0.3) is 0 Å². The average Bonchev–Trinajstić information content (AvgIpc) is 2.30. The van der Waals surface area contributed by atoms with Gasteiger partial charge in [0.15, 0.2) is 0 Å². The highest BCUT2D eigenvalue weighted by atomic mass is 16.2. The fourth-order valence-electron chi connectivity index (χ4n) is 1.41. The third-order valence-corrected chi connectivity index (χ3v) is 2.34. The van der Waals surface area contributed by atoms with Gasteiger partial charge in [-0.1, -0.05) is 18.2 Å². The molecule has 1 aliphatic rings. The number of nitrogen functional groups attached to an aromatic ring is 1. The summed E-state index contributed by atoms with van der Waals surface area (Å²) in [4.78, 5) is 10.9. The van der Waals surface area contributed by atoms with E-state index in [9.17, 15) is 4.79 Å². The molecule has 4 nitrogen and oxygen atoms in total. The highest BCUT2D eigenvalue weighted by Crippen LogP contribution is 2.08. The molecule has 1 aromatic rings. The van der Waals surface area contributed by atoms with Crippen LogP contribution in [-0.2, 0) is 4.79 Å². The number of anilines is 1. The van der Waals surface area contributed by atoms with Crippen LogP contribution in [0.4, 0.5) is 5.69 Å². The van der Waals surface area contributed by atoms with Gasteiger partial charge in [-0.15, -0.1) is 0 Å². The Morgan fingerprint density at radius 2 is 1.94 bits per heavy atom. The summed E-state index contributed by atoms with van der Waals surface area (Å²) in [5.41, 5.74) is 10.7. The number of amides is 1. The van der Waals surface area contributed by atoms with E-state index >= 15 is 0 Å². The average molecular weight is 215 g/mol. The molecule has 0 bridgehead atoms. The molecule has 0 spiro atoms. The van der Waals surface area contributed by atoms with E-state index in [1.165, 1.54) is 0 Å². The van der Waals surface area contributed by atoms with Gasteiger partial charge in [-0.25, -0.2) is 5.43 Å². The minimum absolute atomic E-state index is 0.0235. The summed E-state index contributed by atoms with van der Waals surface area (Å²) in [5, 5.41) is 3.95. The van der Waals surface area contributed by atoms with Crippen molar-refractivity contribution < 1.29 is 4.79 Å². The summed E-state index contributed by atoms with van der Waals surface area (Å²) >= 11 is 0. The number of hydrogen-bond acceptors (Lipinski definition) is 3. The second kappa shape index (κ2) is 4.61. The standard InChI is InChI=1S/C12H13N3O/c13-10-4-1-9(2-5-10)3-6-11-7-8-12(16)15-14-11/h1-6H,7-8,13H2,(H,15,16). The molecule has 0 unspecified atom stereocenters. The van der Waals surface area contributed by atoms with Crippen LogP contribution < -0.4 is 11.2 Å². The molecule has 0 saturated carbocycles. The maximum atomic E-state index is 10.9. The predicted molar refractivity (Wildman–Crippen MR) is 64.7 cm³/mol. The van der Waals surface area contributed by atoms with Crippen molar-refractivity contribution in [3.8, 4) is 0 Å². The number of hydrogen-bond donors (Lipinski definition) is 2. The molecular formula is C12H13N3O. The van der Waals surface area contributed by atoms with Gasteiger partial charge in [0.05, 0.1) is 5.71 Å². The van der Waals surface area contributed by atoms with Crippen LogP contribution in [0.2, 0.25) is 0 Å². The first-order valence-electron chi connectivity index (χ1n) is 5.13. The van der Waals surface area contributed by atoms with Crippen LogP contribution in [0.1, 0.15) is 18.4 Å². The zero-order chi connectivity index (χ0) is 11.4. The van der Waals surface area contributed by atoms with Gasteiger partial charge in [-0.05, 0) is 23.8 Å². The molecule has 0 fully saturated rings. The molecular weight excluding hydrogens is 202 g/mol. The second-order valence-electron chi connectivity index (χ2n) is 3.64. The van der Waals surface area contributed by atoms with Crippen molar-refractivity contribution >= 4 is 23.4 Å². The summed E-state index contributed by atoms with van der Waals surface area (Å²) in [7, 11) is 0. The summed E-state index contributed by atoms with van der Waals surface area (Å²) in [5.74, 6) is -0.0235. The van der Waals surface area contributed by atoms with Crippen molar-refractivity contribution in [2.45, 2.75) is 12.8 Å². The Morgan fingerprint density at radius 3 is 2.56 bits per heavy atom. The Kier molecular flexibility index (Phi) is 3.00. The minimum Gasteiger partial charge on any atom is -0.399 e. The summed E-state index contributed by atoms with van der Waals surface area (Å²) in [6.45, 7) is 0. The number of nitrogens with one attached hydrogen (secondary N) is 1. The lowest BCUT2D eigenvalue weighted by Gasteiger charge is -2.07. The number of carbonyl (C=O) groups excluding carboxylic acids is 1. The van der Waals surface area contributed by atoms with Crippen LogP contribution in [0.25, 0.3) is 6.08 Å². The number of rotatable bonds is 2. The van der Waals surface area contributed by atoms with Gasteiger partial charge in [0.2, 0.25) is 5.91 Å². The van der Waals surface area contributed by atoms with E-state index < -0.39 is 0 Å². The number of nitrogens with two attached hydrogens (primary N) is 1. The summed E-state index contributed by atoms with van der Waals surface area (Å²) in [6, 6.07) is 7.58. The lowest BCUT2D eigenvalue weighted by molar-refractivity contribution is -0.121. The molecule has 0 aromatic heterocycles. The van der Waals surface area contributed by atoms with Gasteiger partial charge >= 0.3 is 0 Å². The van der Waals surface area contributed by atoms with Crippen molar-refractivity contribution in [2.24, 2.45) is 5.10 Å². The van der Waals surface area contributed by atoms with Crippen molar-refractivity contribution in [1.29, 1.82) is 0 Å². The van der Waals surface area contributed by atoms with Gasteiger partial charge in [-0.2, -0.15) is 5.10 Å². The molecule has 1 aromatic carbocycles. The third kappa shape index (κ3) is 2.70. The molecule has 3 N–H and O–H groups in total. The molecule has 0 saturated heterocycles. The molecule has 0 radical (unpaired) electrons. The van der Waals surface area contributed by atoms with E-state index in [1.807, 2.05) is 36.4 Å². The van der Waals surface area contributed by atoms with Crippen LogP contribution in [0, 0.1) is 0 Å². The van der Waals surface area contributed by atoms with Crippen molar-refractivity contribution in [2.75, 3.05) is 5.73 Å². The topological polar surface area (TPSA) is 67.5 Å². The fourth-order valence-corrected chi connectivity index (χ4v) is 1.41. The molecule has 1 aliphatic heterocycles. The Morgan fingerprint density at radius 1 is 1.19 bits per heavy atom. The number of nitrogens with zero attached hydrogens (tertiary/aromatic N) is 1. The van der Waals surface area contributed by atoms with Crippen molar-refractivity contribution in [3.63, 3.8) is 0 Å². The molecule has 16 heavy (non-hydrogen) atoms. The third-order valence-electron chi connectivity index (χ3n) is 2.34. The molecule has 1 heterocycles. The number of benzene rings is 1. The molecule has 0 aliphatic carbocycles. The van der Waals surface area contributed by atoms with E-state index in [0.29, 0.717) is 12.8 Å². The molecule has 82 valence electrons. The Balaban J connectivity index is 2.04. The van der Waals surface area contributed by atoms with Crippen LogP contribution in [-0.4, -0.2) is 11.6 Å². The number of carbonyl (C=O) groups is 1. The first-order valence-corrected chi connectivity index (χ1v) is 5.13. The first-order chi connectivity index (χ1) is 7.74. The van der Waals surface area contributed by atoms with Crippen LogP contribution in [0.15, 0.2) is 35.4 Å². The van der Waals surface area contributed by atoms with Crippen LogP contribution >= 0.6 is 0 Å². The monoisotopic (exact) mass is 215 g/mol. The second-order valence-corrected chi connectivity index (χ2v) is 3.64. The maximum Gasteiger partial charge on any atom is 0.240 e.